The number of aliphatic hydroxyl groups is 1. The number of rotatable bonds is 6. The van der Waals surface area contributed by atoms with Crippen molar-refractivity contribution < 1.29 is 33.7 Å². The Kier molecular flexibility index (Phi) is 6.12. The van der Waals surface area contributed by atoms with E-state index in [0.29, 0.717) is 29.3 Å². The Morgan fingerprint density at radius 2 is 1.89 bits per heavy atom. The number of Topliss-reactive ketones (excluding diaryl/α,β-unsaturated/α-hetero) is 1. The molecule has 2 aliphatic rings. The average Bonchev–Trinajstić information content (AvgIpc) is 3.49. The van der Waals surface area contributed by atoms with Gasteiger partial charge in [0.15, 0.2) is 11.5 Å². The predicted octanol–water partition coefficient (Wildman–Crippen LogP) is 4.00. The number of ether oxygens (including phenoxy) is 3. The lowest BCUT2D eigenvalue weighted by Gasteiger charge is -2.25. The van der Waals surface area contributed by atoms with Crippen molar-refractivity contribution in [2.45, 2.75) is 19.4 Å². The molecule has 36 heavy (non-hydrogen) atoms. The van der Waals surface area contributed by atoms with Crippen molar-refractivity contribution in [3.63, 3.8) is 0 Å². The summed E-state index contributed by atoms with van der Waals surface area (Å²) in [5.41, 5.74) is 1.06. The fourth-order valence-electron chi connectivity index (χ4n) is 4.18. The van der Waals surface area contributed by atoms with E-state index in [1.807, 2.05) is 6.92 Å². The summed E-state index contributed by atoms with van der Waals surface area (Å²) in [6.07, 6.45) is 2.20. The van der Waals surface area contributed by atoms with Crippen LogP contribution >= 0.6 is 0 Å². The normalized spacial score (nSPS) is 17.9. The summed E-state index contributed by atoms with van der Waals surface area (Å²) in [4.78, 5) is 44.7. The first-order valence-electron chi connectivity index (χ1n) is 11.4. The van der Waals surface area contributed by atoms with Crippen molar-refractivity contribution in [1.82, 2.24) is 4.98 Å². The molecule has 9 heteroatoms. The summed E-state index contributed by atoms with van der Waals surface area (Å²) in [5, 5.41) is 11.3. The second-order valence-corrected chi connectivity index (χ2v) is 8.18. The first kappa shape index (κ1) is 23.1. The molecule has 1 amide bonds. The summed E-state index contributed by atoms with van der Waals surface area (Å²) in [6.45, 7) is 2.20. The maximum absolute atomic E-state index is 13.3. The van der Waals surface area contributed by atoms with E-state index in [1.165, 1.54) is 17.2 Å². The van der Waals surface area contributed by atoms with E-state index in [1.54, 1.807) is 54.6 Å². The van der Waals surface area contributed by atoms with Gasteiger partial charge in [-0.2, -0.15) is 0 Å². The lowest BCUT2D eigenvalue weighted by Crippen LogP contribution is -2.30. The van der Waals surface area contributed by atoms with Crippen molar-refractivity contribution in [2.75, 3.05) is 18.3 Å². The third-order valence-corrected chi connectivity index (χ3v) is 5.86. The van der Waals surface area contributed by atoms with Gasteiger partial charge in [-0.05, 0) is 55.0 Å². The number of carbonyl (C=O) groups is 3. The summed E-state index contributed by atoms with van der Waals surface area (Å²) < 4.78 is 15.9. The van der Waals surface area contributed by atoms with Gasteiger partial charge in [-0.3, -0.25) is 19.5 Å². The number of pyridine rings is 1. The minimum absolute atomic E-state index is 0.0505. The van der Waals surface area contributed by atoms with Crippen LogP contribution < -0.4 is 14.4 Å². The third-order valence-electron chi connectivity index (χ3n) is 5.86. The molecule has 0 spiro atoms. The van der Waals surface area contributed by atoms with Gasteiger partial charge in [-0.25, -0.2) is 4.79 Å². The van der Waals surface area contributed by atoms with Gasteiger partial charge in [-0.15, -0.1) is 0 Å². The summed E-state index contributed by atoms with van der Waals surface area (Å²) in [6, 6.07) is 15.1. The van der Waals surface area contributed by atoms with Crippen LogP contribution in [0.15, 0.2) is 72.4 Å². The second-order valence-electron chi connectivity index (χ2n) is 8.18. The minimum Gasteiger partial charge on any atom is -0.507 e. The second kappa shape index (κ2) is 9.53. The standard InChI is InChI=1S/C27H22N2O7/c1-2-12-34-27(33)17-6-5-7-18(13-17)29-23(19-8-3-4-11-28-19)22(25(31)26(29)32)24(30)16-9-10-20-21(14-16)36-15-35-20/h3-11,13-14,23,30H,2,12,15H2,1H3/b24-22-. The number of esters is 1. The van der Waals surface area contributed by atoms with Crippen molar-refractivity contribution in [3.05, 3.63) is 89.3 Å². The van der Waals surface area contributed by atoms with Gasteiger partial charge in [0, 0.05) is 17.4 Å². The van der Waals surface area contributed by atoms with E-state index in [4.69, 9.17) is 14.2 Å². The van der Waals surface area contributed by atoms with Crippen molar-refractivity contribution in [3.8, 4) is 11.5 Å². The van der Waals surface area contributed by atoms with Crippen LogP contribution in [0.1, 0.15) is 41.0 Å². The monoisotopic (exact) mass is 486 g/mol. The number of hydrogen-bond donors (Lipinski definition) is 1. The molecule has 1 atom stereocenters. The minimum atomic E-state index is -1.03. The molecule has 0 radical (unpaired) electrons. The Bertz CT molecular complexity index is 1380. The van der Waals surface area contributed by atoms with Gasteiger partial charge in [-0.1, -0.05) is 19.1 Å². The molecule has 5 rings (SSSR count). The highest BCUT2D eigenvalue weighted by Gasteiger charge is 2.47. The van der Waals surface area contributed by atoms with Crippen LogP contribution in [-0.2, 0) is 14.3 Å². The molecule has 0 saturated carbocycles. The number of aliphatic hydroxyl groups excluding tert-OH is 1. The maximum atomic E-state index is 13.3. The molecule has 3 heterocycles. The van der Waals surface area contributed by atoms with Crippen LogP contribution in [0.25, 0.3) is 5.76 Å². The number of anilines is 1. The van der Waals surface area contributed by atoms with E-state index in [0.717, 1.165) is 0 Å². The first-order chi connectivity index (χ1) is 17.5. The van der Waals surface area contributed by atoms with Crippen LogP contribution in [0.3, 0.4) is 0 Å². The number of nitrogens with zero attached hydrogens (tertiary/aromatic N) is 2. The van der Waals surface area contributed by atoms with Crippen molar-refractivity contribution in [2.24, 2.45) is 0 Å². The van der Waals surface area contributed by atoms with E-state index in [9.17, 15) is 19.5 Å². The van der Waals surface area contributed by atoms with Crippen LogP contribution in [0.2, 0.25) is 0 Å². The molecular weight excluding hydrogens is 464 g/mol. The number of amides is 1. The van der Waals surface area contributed by atoms with E-state index >= 15 is 0 Å². The van der Waals surface area contributed by atoms with E-state index in [-0.39, 0.29) is 35.9 Å². The predicted molar refractivity (Wildman–Crippen MR) is 129 cm³/mol. The van der Waals surface area contributed by atoms with Crippen LogP contribution in [0.4, 0.5) is 5.69 Å². The topological polar surface area (TPSA) is 115 Å². The van der Waals surface area contributed by atoms with Crippen LogP contribution in [0.5, 0.6) is 11.5 Å². The van der Waals surface area contributed by atoms with Gasteiger partial charge < -0.3 is 19.3 Å². The lowest BCUT2D eigenvalue weighted by molar-refractivity contribution is -0.132. The molecule has 0 bridgehead atoms. The Labute approximate surface area is 206 Å². The van der Waals surface area contributed by atoms with Gasteiger partial charge in [0.25, 0.3) is 11.7 Å². The smallest absolute Gasteiger partial charge is 0.338 e. The zero-order valence-electron chi connectivity index (χ0n) is 19.3. The number of ketones is 1. The fraction of sp³-hybridized carbons (Fsp3) is 0.185. The molecule has 1 N–H and O–H groups in total. The molecule has 1 fully saturated rings. The fourth-order valence-corrected chi connectivity index (χ4v) is 4.18. The zero-order chi connectivity index (χ0) is 25.2. The molecule has 1 saturated heterocycles. The first-order valence-corrected chi connectivity index (χ1v) is 11.4. The number of fused-ring (bicyclic) bond motifs is 1. The number of carbonyl (C=O) groups excluding carboxylic acids is 3. The Morgan fingerprint density at radius 3 is 2.67 bits per heavy atom. The SMILES string of the molecule is CCCOC(=O)c1cccc(N2C(=O)C(=O)/C(=C(\O)c3ccc4c(c3)OCO4)C2c2ccccn2)c1. The number of aromatic nitrogens is 1. The van der Waals surface area contributed by atoms with Crippen LogP contribution in [-0.4, -0.2) is 41.2 Å². The Balaban J connectivity index is 1.63. The molecule has 2 aliphatic heterocycles. The van der Waals surface area contributed by atoms with Gasteiger partial charge >= 0.3 is 5.97 Å². The molecule has 3 aromatic rings. The highest BCUT2D eigenvalue weighted by molar-refractivity contribution is 6.51. The van der Waals surface area contributed by atoms with E-state index < -0.39 is 23.7 Å². The molecule has 1 unspecified atom stereocenters. The number of benzene rings is 2. The summed E-state index contributed by atoms with van der Waals surface area (Å²) >= 11 is 0. The van der Waals surface area contributed by atoms with E-state index in [2.05, 4.69) is 4.98 Å². The van der Waals surface area contributed by atoms with Crippen molar-refractivity contribution in [1.29, 1.82) is 0 Å². The molecule has 9 nitrogen and oxygen atoms in total. The molecule has 182 valence electrons. The Hall–Kier alpha value is -4.66. The third kappa shape index (κ3) is 4.04. The van der Waals surface area contributed by atoms with Gasteiger partial charge in [0.05, 0.1) is 23.4 Å². The summed E-state index contributed by atoms with van der Waals surface area (Å²) in [5.74, 6) is -1.71. The largest absolute Gasteiger partial charge is 0.507 e. The van der Waals surface area contributed by atoms with Crippen LogP contribution in [0, 0.1) is 0 Å². The number of hydrogen-bond acceptors (Lipinski definition) is 8. The zero-order valence-corrected chi connectivity index (χ0v) is 19.3. The highest BCUT2D eigenvalue weighted by Crippen LogP contribution is 2.43. The average molecular weight is 486 g/mol. The molecular formula is C27H22N2O7. The molecule has 2 aromatic carbocycles. The maximum Gasteiger partial charge on any atom is 0.338 e. The molecule has 1 aromatic heterocycles. The lowest BCUT2D eigenvalue weighted by atomic mass is 9.98. The van der Waals surface area contributed by atoms with Gasteiger partial charge in [0.1, 0.15) is 11.8 Å². The van der Waals surface area contributed by atoms with Crippen molar-refractivity contribution >= 4 is 29.1 Å². The Morgan fingerprint density at radius 1 is 1.06 bits per heavy atom. The quantitative estimate of drug-likeness (QED) is 0.241. The highest BCUT2D eigenvalue weighted by atomic mass is 16.7. The van der Waals surface area contributed by atoms with Gasteiger partial charge in [0.2, 0.25) is 6.79 Å². The molecule has 0 aliphatic carbocycles. The summed E-state index contributed by atoms with van der Waals surface area (Å²) in [7, 11) is 0.